The molecular formula is C18H24N5O5S+. The number of fused-ring (bicyclic) bond motifs is 1. The van der Waals surface area contributed by atoms with Gasteiger partial charge in [-0.15, -0.1) is 16.8 Å². The number of piperazine rings is 1. The van der Waals surface area contributed by atoms with Crippen molar-refractivity contribution in [2.24, 2.45) is 10.9 Å². The second-order valence-electron chi connectivity index (χ2n) is 6.73. The van der Waals surface area contributed by atoms with Gasteiger partial charge in [0.15, 0.2) is 5.92 Å². The highest BCUT2D eigenvalue weighted by atomic mass is 32.2. The average Bonchev–Trinajstić information content (AvgIpc) is 2.74. The number of amidine groups is 1. The van der Waals surface area contributed by atoms with E-state index >= 15 is 0 Å². The molecule has 1 saturated heterocycles. The van der Waals surface area contributed by atoms with Gasteiger partial charge in [0.05, 0.1) is 26.5 Å². The van der Waals surface area contributed by atoms with Crippen LogP contribution in [0.25, 0.3) is 0 Å². The molecule has 0 saturated carbocycles. The number of hydrogen-bond donors (Lipinski definition) is 0. The summed E-state index contributed by atoms with van der Waals surface area (Å²) < 4.78 is 6.34. The second kappa shape index (κ2) is 8.76. The smallest absolute Gasteiger partial charge is 0.445 e. The van der Waals surface area contributed by atoms with Crippen molar-refractivity contribution in [2.75, 3.05) is 52.6 Å². The molecule has 3 aliphatic heterocycles. The molecule has 3 aliphatic rings. The van der Waals surface area contributed by atoms with Crippen molar-refractivity contribution in [2.45, 2.75) is 6.92 Å². The summed E-state index contributed by atoms with van der Waals surface area (Å²) in [7, 11) is 3.01. The number of dihydropyridines is 1. The van der Waals surface area contributed by atoms with Crippen LogP contribution in [0.15, 0.2) is 16.0 Å². The molecule has 3 heterocycles. The molecule has 0 aromatic rings. The molecule has 11 heteroatoms. The molecule has 0 spiro atoms. The maximum atomic E-state index is 12.6. The third-order valence-corrected chi connectivity index (χ3v) is 6.10. The number of carbonyl (C=O) groups excluding carboxylic acids is 4. The third kappa shape index (κ3) is 4.19. The molecule has 0 aliphatic carbocycles. The minimum absolute atomic E-state index is 0.0653. The number of ether oxygens (including phenoxy) is 1. The zero-order valence-corrected chi connectivity index (χ0v) is 17.5. The minimum atomic E-state index is -0.675. The summed E-state index contributed by atoms with van der Waals surface area (Å²) in [6.07, 6.45) is 2.89. The van der Waals surface area contributed by atoms with E-state index in [2.05, 4.69) is 4.99 Å². The second-order valence-corrected chi connectivity index (χ2v) is 7.78. The summed E-state index contributed by atoms with van der Waals surface area (Å²) in [5.74, 6) is -0.555. The lowest BCUT2D eigenvalue weighted by atomic mass is 10.0. The number of imide groups is 1. The van der Waals surface area contributed by atoms with Crippen molar-refractivity contribution in [3.63, 3.8) is 0 Å². The summed E-state index contributed by atoms with van der Waals surface area (Å²) in [4.78, 5) is 58.3. The van der Waals surface area contributed by atoms with Gasteiger partial charge in [-0.05, 0) is 13.0 Å². The number of rotatable bonds is 4. The van der Waals surface area contributed by atoms with Crippen LogP contribution in [0, 0.1) is 5.92 Å². The Morgan fingerprint density at radius 2 is 1.90 bits per heavy atom. The van der Waals surface area contributed by atoms with E-state index in [9.17, 15) is 19.2 Å². The van der Waals surface area contributed by atoms with Crippen LogP contribution < -0.4 is 0 Å². The normalized spacial score (nSPS) is 22.0. The Hall–Kier alpha value is -2.69. The average molecular weight is 422 g/mol. The lowest BCUT2D eigenvalue weighted by Gasteiger charge is -2.34. The van der Waals surface area contributed by atoms with Gasteiger partial charge in [0.2, 0.25) is 5.91 Å². The Balaban J connectivity index is 1.59. The van der Waals surface area contributed by atoms with Gasteiger partial charge >= 0.3 is 18.0 Å². The molecule has 3 rings (SSSR count). The van der Waals surface area contributed by atoms with Crippen molar-refractivity contribution in [3.05, 3.63) is 11.0 Å². The van der Waals surface area contributed by atoms with Crippen LogP contribution in [-0.2, 0) is 14.3 Å². The summed E-state index contributed by atoms with van der Waals surface area (Å²) in [6, 6.07) is -0.430. The van der Waals surface area contributed by atoms with E-state index in [0.717, 1.165) is 4.90 Å². The van der Waals surface area contributed by atoms with Crippen LogP contribution in [-0.4, -0.2) is 108 Å². The molecule has 0 radical (unpaired) electrons. The molecule has 10 nitrogen and oxygen atoms in total. The first-order chi connectivity index (χ1) is 13.8. The van der Waals surface area contributed by atoms with E-state index < -0.39 is 11.9 Å². The first-order valence-corrected chi connectivity index (χ1v) is 10.3. The van der Waals surface area contributed by atoms with Crippen LogP contribution in [0.4, 0.5) is 9.59 Å². The molecule has 0 bridgehead atoms. The summed E-state index contributed by atoms with van der Waals surface area (Å²) >= 11 is 1.28. The number of amides is 5. The maximum Gasteiger partial charge on any atom is 0.445 e. The van der Waals surface area contributed by atoms with Crippen molar-refractivity contribution in [3.8, 4) is 0 Å². The fourth-order valence-electron chi connectivity index (χ4n) is 3.33. The van der Waals surface area contributed by atoms with E-state index in [1.165, 1.54) is 23.4 Å². The molecule has 0 N–H and O–H groups in total. The van der Waals surface area contributed by atoms with Gasteiger partial charge in [-0.3, -0.25) is 9.59 Å². The first-order valence-electron chi connectivity index (χ1n) is 9.33. The van der Waals surface area contributed by atoms with Gasteiger partial charge in [-0.1, -0.05) is 0 Å². The fraction of sp³-hybridized carbons (Fsp3) is 0.556. The largest absolute Gasteiger partial charge is 0.450 e. The van der Waals surface area contributed by atoms with Crippen LogP contribution in [0.3, 0.4) is 0 Å². The zero-order valence-electron chi connectivity index (χ0n) is 16.7. The molecular weight excluding hydrogens is 398 g/mol. The van der Waals surface area contributed by atoms with Crippen molar-refractivity contribution < 1.29 is 28.5 Å². The molecule has 0 aromatic heterocycles. The van der Waals surface area contributed by atoms with Gasteiger partial charge in [0.1, 0.15) is 6.21 Å². The Labute approximate surface area is 172 Å². The molecule has 156 valence electrons. The Bertz CT molecular complexity index is 828. The number of thioether (sulfide) groups is 1. The molecule has 1 fully saturated rings. The quantitative estimate of drug-likeness (QED) is 0.602. The summed E-state index contributed by atoms with van der Waals surface area (Å²) in [5, 5.41) is 0. The standard InChI is InChI=1S/C18H24N5O5S/c1-4-28-18(27)23-9-7-22(8-10-23)13(24)11-29-12-5-6-19-15-14(12)16(25)21(3)17(26)20(15)2/h5-6,14H,4,7-11H2,1-3H3/q+1. The predicted molar refractivity (Wildman–Crippen MR) is 107 cm³/mol. The number of hydrogen-bond acceptors (Lipinski definition) is 7. The van der Waals surface area contributed by atoms with Gasteiger partial charge in [-0.2, -0.15) is 9.48 Å². The zero-order chi connectivity index (χ0) is 21.1. The van der Waals surface area contributed by atoms with Gasteiger partial charge in [-0.25, -0.2) is 9.59 Å². The number of allylic oxidation sites excluding steroid dienone is 1. The molecule has 0 aromatic carbocycles. The lowest BCUT2D eigenvalue weighted by molar-refractivity contribution is -0.407. The van der Waals surface area contributed by atoms with Crippen molar-refractivity contribution >= 4 is 47.8 Å². The van der Waals surface area contributed by atoms with E-state index in [1.54, 1.807) is 36.1 Å². The Morgan fingerprint density at radius 3 is 2.55 bits per heavy atom. The number of carbonyl (C=O) groups is 4. The predicted octanol–water partition coefficient (Wildman–Crippen LogP) is 0.238. The monoisotopic (exact) mass is 422 g/mol. The van der Waals surface area contributed by atoms with Gasteiger partial charge in [0.25, 0.3) is 5.84 Å². The molecule has 1 unspecified atom stereocenters. The van der Waals surface area contributed by atoms with E-state index in [1.807, 2.05) is 0 Å². The molecule has 5 amide bonds. The van der Waals surface area contributed by atoms with Crippen LogP contribution in [0.5, 0.6) is 0 Å². The van der Waals surface area contributed by atoms with Crippen LogP contribution >= 0.6 is 11.8 Å². The maximum absolute atomic E-state index is 12.6. The highest BCUT2D eigenvalue weighted by Gasteiger charge is 2.47. The number of nitrogens with zero attached hydrogens (tertiary/aromatic N) is 5. The van der Waals surface area contributed by atoms with Crippen molar-refractivity contribution in [1.82, 2.24) is 14.7 Å². The fourth-order valence-corrected chi connectivity index (χ4v) is 4.33. The van der Waals surface area contributed by atoms with Crippen LogP contribution in [0.1, 0.15) is 6.92 Å². The van der Waals surface area contributed by atoms with E-state index in [4.69, 9.17) is 4.74 Å². The lowest BCUT2D eigenvalue weighted by Crippen LogP contribution is -2.52. The summed E-state index contributed by atoms with van der Waals surface area (Å²) in [6.45, 7) is 3.83. The third-order valence-electron chi connectivity index (χ3n) is 5.00. The van der Waals surface area contributed by atoms with E-state index in [0.29, 0.717) is 43.5 Å². The highest BCUT2D eigenvalue weighted by molar-refractivity contribution is 8.03. The topological polar surface area (TPSA) is 103 Å². The van der Waals surface area contributed by atoms with Gasteiger partial charge < -0.3 is 14.5 Å². The summed E-state index contributed by atoms with van der Waals surface area (Å²) in [5.41, 5.74) is 0. The number of urea groups is 1. The first kappa shape index (κ1) is 21.0. The minimum Gasteiger partial charge on any atom is -0.450 e. The van der Waals surface area contributed by atoms with Gasteiger partial charge in [0, 0.05) is 31.1 Å². The molecule has 1 atom stereocenters. The Kier molecular flexibility index (Phi) is 6.36. The Morgan fingerprint density at radius 1 is 1.24 bits per heavy atom. The van der Waals surface area contributed by atoms with Crippen LogP contribution in [0.2, 0.25) is 0 Å². The number of aliphatic imine (C=N–C) groups is 1. The van der Waals surface area contributed by atoms with E-state index in [-0.39, 0.29) is 23.7 Å². The van der Waals surface area contributed by atoms with Crippen molar-refractivity contribution in [1.29, 1.82) is 0 Å². The SMILES string of the molecule is CCOC(=O)N1CCN(C(=O)CSC2=CC=NC3=[N+](C)C(=O)N(C)C(=O)C23)CC1. The highest BCUT2D eigenvalue weighted by Crippen LogP contribution is 2.31. The molecule has 29 heavy (non-hydrogen) atoms.